The number of amides is 1. The van der Waals surface area contributed by atoms with Gasteiger partial charge >= 0.3 is 0 Å². The number of nitrogens with zero attached hydrogens (tertiary/aromatic N) is 5. The van der Waals surface area contributed by atoms with Crippen LogP contribution in [0.5, 0.6) is 0 Å². The molecule has 0 bridgehead atoms. The van der Waals surface area contributed by atoms with E-state index in [1.54, 1.807) is 11.3 Å². The second kappa shape index (κ2) is 9.16. The van der Waals surface area contributed by atoms with E-state index in [2.05, 4.69) is 43.3 Å². The van der Waals surface area contributed by atoms with E-state index in [0.717, 1.165) is 31.1 Å². The van der Waals surface area contributed by atoms with E-state index in [1.807, 2.05) is 4.68 Å². The zero-order valence-electron chi connectivity index (χ0n) is 15.4. The Morgan fingerprint density at radius 1 is 1.30 bits per heavy atom. The molecule has 2 aromatic rings. The first-order valence-corrected chi connectivity index (χ1v) is 11.6. The van der Waals surface area contributed by atoms with Gasteiger partial charge in [-0.2, -0.15) is 0 Å². The van der Waals surface area contributed by atoms with Gasteiger partial charge < -0.3 is 5.32 Å². The van der Waals surface area contributed by atoms with Gasteiger partial charge in [-0.05, 0) is 60.6 Å². The van der Waals surface area contributed by atoms with Crippen LogP contribution in [-0.2, 0) is 4.79 Å². The molecule has 0 radical (unpaired) electrons. The van der Waals surface area contributed by atoms with Gasteiger partial charge in [0, 0.05) is 11.4 Å². The van der Waals surface area contributed by atoms with Gasteiger partial charge in [-0.25, -0.2) is 4.68 Å². The highest BCUT2D eigenvalue weighted by Crippen LogP contribution is 2.31. The Bertz CT molecular complexity index is 722. The first-order chi connectivity index (χ1) is 13.3. The van der Waals surface area contributed by atoms with Gasteiger partial charge in [-0.1, -0.05) is 30.7 Å². The Labute approximate surface area is 167 Å². The van der Waals surface area contributed by atoms with E-state index in [9.17, 15) is 4.79 Å². The molecule has 7 nitrogen and oxygen atoms in total. The molecule has 1 amide bonds. The molecule has 1 aliphatic carbocycles. The second-order valence-electron chi connectivity index (χ2n) is 7.21. The summed E-state index contributed by atoms with van der Waals surface area (Å²) in [7, 11) is 0. The van der Waals surface area contributed by atoms with Crippen molar-refractivity contribution in [3.8, 4) is 0 Å². The van der Waals surface area contributed by atoms with E-state index in [4.69, 9.17) is 0 Å². The van der Waals surface area contributed by atoms with Gasteiger partial charge in [0.1, 0.15) is 0 Å². The van der Waals surface area contributed by atoms with Crippen molar-refractivity contribution >= 4 is 29.0 Å². The van der Waals surface area contributed by atoms with E-state index < -0.39 is 0 Å². The summed E-state index contributed by atoms with van der Waals surface area (Å²) < 4.78 is 1.91. The fourth-order valence-corrected chi connectivity index (χ4v) is 5.63. The maximum absolute atomic E-state index is 12.4. The highest BCUT2D eigenvalue weighted by Gasteiger charge is 2.25. The van der Waals surface area contributed by atoms with Gasteiger partial charge in [0.2, 0.25) is 11.1 Å². The van der Waals surface area contributed by atoms with Crippen LogP contribution in [0.2, 0.25) is 0 Å². The maximum atomic E-state index is 12.4. The third-order valence-corrected chi connectivity index (χ3v) is 7.32. The van der Waals surface area contributed by atoms with Crippen molar-refractivity contribution in [1.82, 2.24) is 30.4 Å². The van der Waals surface area contributed by atoms with E-state index >= 15 is 0 Å². The predicted octanol–water partition coefficient (Wildman–Crippen LogP) is 2.90. The second-order valence-corrected chi connectivity index (χ2v) is 9.13. The summed E-state index contributed by atoms with van der Waals surface area (Å²) in [5.41, 5.74) is 0. The zero-order valence-corrected chi connectivity index (χ0v) is 17.1. The minimum Gasteiger partial charge on any atom is -0.353 e. The number of thioether (sulfide) groups is 1. The zero-order chi connectivity index (χ0) is 18.5. The minimum absolute atomic E-state index is 0.0433. The number of aromatic nitrogens is 4. The van der Waals surface area contributed by atoms with E-state index in [-0.39, 0.29) is 11.9 Å². The summed E-state index contributed by atoms with van der Waals surface area (Å²) in [5, 5.41) is 18.0. The first-order valence-electron chi connectivity index (χ1n) is 9.76. The topological polar surface area (TPSA) is 75.9 Å². The monoisotopic (exact) mass is 406 g/mol. The van der Waals surface area contributed by atoms with Crippen molar-refractivity contribution in [3.63, 3.8) is 0 Å². The molecular weight excluding hydrogens is 380 g/mol. The number of rotatable bonds is 8. The van der Waals surface area contributed by atoms with Crippen molar-refractivity contribution in [2.24, 2.45) is 0 Å². The summed E-state index contributed by atoms with van der Waals surface area (Å²) in [4.78, 5) is 16.2. The summed E-state index contributed by atoms with van der Waals surface area (Å²) in [6.45, 7) is 2.89. The van der Waals surface area contributed by atoms with Crippen molar-refractivity contribution in [3.05, 3.63) is 22.4 Å². The molecule has 4 rings (SSSR count). The number of carbonyl (C=O) groups excluding carboxylic acids is 1. The SMILES string of the molecule is O=C(CSc1nnnn1C1CCCC1)NCC(c1cccs1)N1CCCC1. The lowest BCUT2D eigenvalue weighted by atomic mass is 10.2. The van der Waals surface area contributed by atoms with Gasteiger partial charge in [0.05, 0.1) is 17.8 Å². The molecule has 27 heavy (non-hydrogen) atoms. The molecule has 1 aliphatic heterocycles. The highest BCUT2D eigenvalue weighted by molar-refractivity contribution is 7.99. The van der Waals surface area contributed by atoms with Crippen LogP contribution >= 0.6 is 23.1 Å². The number of hydrogen-bond donors (Lipinski definition) is 1. The lowest BCUT2D eigenvalue weighted by Crippen LogP contribution is -2.37. The van der Waals surface area contributed by atoms with Gasteiger partial charge in [0.15, 0.2) is 0 Å². The van der Waals surface area contributed by atoms with Crippen LogP contribution in [0.3, 0.4) is 0 Å². The van der Waals surface area contributed by atoms with Crippen molar-refractivity contribution in [2.75, 3.05) is 25.4 Å². The summed E-state index contributed by atoms with van der Waals surface area (Å²) in [6.07, 6.45) is 7.21. The summed E-state index contributed by atoms with van der Waals surface area (Å²) in [5.74, 6) is 0.395. The Morgan fingerprint density at radius 3 is 2.85 bits per heavy atom. The average molecular weight is 407 g/mol. The van der Waals surface area contributed by atoms with Crippen LogP contribution in [0.1, 0.15) is 55.5 Å². The molecule has 146 valence electrons. The average Bonchev–Trinajstić information content (AvgIpc) is 3.49. The molecule has 3 heterocycles. The third kappa shape index (κ3) is 4.70. The van der Waals surface area contributed by atoms with Gasteiger partial charge in [-0.3, -0.25) is 9.69 Å². The molecule has 9 heteroatoms. The molecule has 1 unspecified atom stereocenters. The molecule has 2 fully saturated rings. The predicted molar refractivity (Wildman–Crippen MR) is 107 cm³/mol. The molecule has 0 spiro atoms. The molecule has 1 saturated carbocycles. The number of thiophene rings is 1. The summed E-state index contributed by atoms with van der Waals surface area (Å²) >= 11 is 3.20. The molecule has 1 N–H and O–H groups in total. The largest absolute Gasteiger partial charge is 0.353 e. The first kappa shape index (κ1) is 18.9. The fraction of sp³-hybridized carbons (Fsp3) is 0.667. The number of tetrazole rings is 1. The normalized spacial score (nSPS) is 19.6. The minimum atomic E-state index is 0.0433. The van der Waals surface area contributed by atoms with E-state index in [1.165, 1.54) is 42.3 Å². The van der Waals surface area contributed by atoms with Crippen LogP contribution in [0, 0.1) is 0 Å². The lowest BCUT2D eigenvalue weighted by molar-refractivity contribution is -0.118. The maximum Gasteiger partial charge on any atom is 0.230 e. The fourth-order valence-electron chi connectivity index (χ4n) is 3.99. The smallest absolute Gasteiger partial charge is 0.230 e. The molecular formula is C18H26N6OS2. The van der Waals surface area contributed by atoms with Crippen LogP contribution < -0.4 is 5.32 Å². The molecule has 2 aliphatic rings. The number of nitrogens with one attached hydrogen (secondary N) is 1. The van der Waals surface area contributed by atoms with Gasteiger partial charge in [0.25, 0.3) is 0 Å². The molecule has 0 aromatic carbocycles. The Hall–Kier alpha value is -1.45. The highest BCUT2D eigenvalue weighted by atomic mass is 32.2. The number of likely N-dealkylation sites (tertiary alicyclic amines) is 1. The Kier molecular flexibility index (Phi) is 6.41. The molecule has 1 saturated heterocycles. The van der Waals surface area contributed by atoms with Crippen LogP contribution in [0.4, 0.5) is 0 Å². The lowest BCUT2D eigenvalue weighted by Gasteiger charge is -2.26. The summed E-state index contributed by atoms with van der Waals surface area (Å²) in [6, 6.07) is 4.93. The third-order valence-electron chi connectivity index (χ3n) is 5.41. The van der Waals surface area contributed by atoms with Crippen LogP contribution in [-0.4, -0.2) is 56.4 Å². The van der Waals surface area contributed by atoms with Crippen molar-refractivity contribution < 1.29 is 4.79 Å². The van der Waals surface area contributed by atoms with Crippen LogP contribution in [0.15, 0.2) is 22.7 Å². The quantitative estimate of drug-likeness (QED) is 0.680. The standard InChI is InChI=1S/C18H26N6OS2/c25-17(13-27-18-20-21-22-24(18)14-6-1-2-7-14)19-12-15(16-8-5-11-26-16)23-9-3-4-10-23/h5,8,11,14-15H,1-4,6-7,9-10,12-13H2,(H,19,25). The molecule has 2 aromatic heterocycles. The number of carbonyl (C=O) groups is 1. The van der Waals surface area contributed by atoms with Crippen molar-refractivity contribution in [2.45, 2.75) is 55.8 Å². The molecule has 1 atom stereocenters. The van der Waals surface area contributed by atoms with Crippen molar-refractivity contribution in [1.29, 1.82) is 0 Å². The van der Waals surface area contributed by atoms with Crippen LogP contribution in [0.25, 0.3) is 0 Å². The number of hydrogen-bond acceptors (Lipinski definition) is 7. The Balaban J connectivity index is 1.29. The van der Waals surface area contributed by atoms with E-state index in [0.29, 0.717) is 18.3 Å². The Morgan fingerprint density at radius 2 is 2.11 bits per heavy atom. The van der Waals surface area contributed by atoms with Gasteiger partial charge in [-0.15, -0.1) is 16.4 Å².